The molecule has 1 heterocycles. The van der Waals surface area contributed by atoms with E-state index in [0.717, 1.165) is 24.0 Å². The summed E-state index contributed by atoms with van der Waals surface area (Å²) >= 11 is 0. The van der Waals surface area contributed by atoms with Gasteiger partial charge in [0.25, 0.3) is 0 Å². The van der Waals surface area contributed by atoms with Crippen molar-refractivity contribution in [3.05, 3.63) is 71.8 Å². The quantitative estimate of drug-likeness (QED) is 0.833. The van der Waals surface area contributed by atoms with Crippen molar-refractivity contribution in [2.24, 2.45) is 0 Å². The largest absolute Gasteiger partial charge is 0.336 e. The van der Waals surface area contributed by atoms with Crippen LogP contribution in [0.15, 0.2) is 60.7 Å². The molecule has 26 heavy (non-hydrogen) atoms. The second-order valence-corrected chi connectivity index (χ2v) is 7.21. The van der Waals surface area contributed by atoms with E-state index in [0.29, 0.717) is 25.6 Å². The van der Waals surface area contributed by atoms with E-state index in [4.69, 9.17) is 0 Å². The van der Waals surface area contributed by atoms with Gasteiger partial charge in [0.15, 0.2) is 0 Å². The molecule has 1 aliphatic carbocycles. The molecule has 0 unspecified atom stereocenters. The number of hydrogen-bond acceptors (Lipinski definition) is 2. The fourth-order valence-electron chi connectivity index (χ4n) is 3.77. The van der Waals surface area contributed by atoms with E-state index < -0.39 is 0 Å². The highest BCUT2D eigenvalue weighted by Gasteiger charge is 2.37. The van der Waals surface area contributed by atoms with Gasteiger partial charge in [-0.15, -0.1) is 0 Å². The standard InChI is InChI=1S/C22H24N2O2/c25-21(23-13-14-24(19-11-12-19)22(26)16-23)15-20(17-7-3-1-4-8-17)18-9-5-2-6-10-18/h1-10,19-20H,11-16H2. The smallest absolute Gasteiger partial charge is 0.242 e. The van der Waals surface area contributed by atoms with E-state index in [1.165, 1.54) is 0 Å². The van der Waals surface area contributed by atoms with E-state index in [2.05, 4.69) is 24.3 Å². The van der Waals surface area contributed by atoms with Crippen LogP contribution in [0, 0.1) is 0 Å². The molecule has 0 spiro atoms. The van der Waals surface area contributed by atoms with Gasteiger partial charge in [0, 0.05) is 31.5 Å². The Hall–Kier alpha value is -2.62. The average Bonchev–Trinajstić information content (AvgIpc) is 3.52. The summed E-state index contributed by atoms with van der Waals surface area (Å²) in [7, 11) is 0. The molecule has 2 amide bonds. The summed E-state index contributed by atoms with van der Waals surface area (Å²) in [5.74, 6) is 0.177. The van der Waals surface area contributed by atoms with Crippen LogP contribution in [0.25, 0.3) is 0 Å². The molecular weight excluding hydrogens is 324 g/mol. The predicted molar refractivity (Wildman–Crippen MR) is 101 cm³/mol. The first-order valence-electron chi connectivity index (χ1n) is 9.39. The zero-order chi connectivity index (χ0) is 17.9. The van der Waals surface area contributed by atoms with Crippen molar-refractivity contribution in [2.45, 2.75) is 31.2 Å². The van der Waals surface area contributed by atoms with E-state index in [1.807, 2.05) is 41.3 Å². The molecule has 0 bridgehead atoms. The summed E-state index contributed by atoms with van der Waals surface area (Å²) in [6.45, 7) is 1.56. The third-order valence-electron chi connectivity index (χ3n) is 5.38. The Labute approximate surface area is 154 Å². The second-order valence-electron chi connectivity index (χ2n) is 7.21. The third kappa shape index (κ3) is 3.64. The fourth-order valence-corrected chi connectivity index (χ4v) is 3.77. The van der Waals surface area contributed by atoms with Crippen molar-refractivity contribution in [3.63, 3.8) is 0 Å². The van der Waals surface area contributed by atoms with Gasteiger partial charge in [-0.1, -0.05) is 60.7 Å². The van der Waals surface area contributed by atoms with E-state index in [-0.39, 0.29) is 24.3 Å². The lowest BCUT2D eigenvalue weighted by Gasteiger charge is -2.35. The predicted octanol–water partition coefficient (Wildman–Crippen LogP) is 3.04. The first-order chi connectivity index (χ1) is 12.7. The minimum absolute atomic E-state index is 0.0152. The molecule has 4 heteroatoms. The molecule has 0 atom stereocenters. The van der Waals surface area contributed by atoms with Crippen LogP contribution in [0.3, 0.4) is 0 Å². The normalized spacial score (nSPS) is 17.7. The van der Waals surface area contributed by atoms with Crippen molar-refractivity contribution in [1.29, 1.82) is 0 Å². The van der Waals surface area contributed by atoms with Crippen LogP contribution in [0.4, 0.5) is 0 Å². The fraction of sp³-hybridized carbons (Fsp3) is 0.364. The second kappa shape index (κ2) is 7.32. The van der Waals surface area contributed by atoms with Gasteiger partial charge in [-0.25, -0.2) is 0 Å². The van der Waals surface area contributed by atoms with Crippen molar-refractivity contribution >= 4 is 11.8 Å². The number of amides is 2. The van der Waals surface area contributed by atoms with Crippen LogP contribution < -0.4 is 0 Å². The van der Waals surface area contributed by atoms with Crippen LogP contribution in [-0.4, -0.2) is 47.3 Å². The number of carbonyl (C=O) groups is 2. The number of hydrogen-bond donors (Lipinski definition) is 0. The van der Waals surface area contributed by atoms with Crippen LogP contribution >= 0.6 is 0 Å². The Balaban J connectivity index is 1.49. The lowest BCUT2D eigenvalue weighted by molar-refractivity contribution is -0.145. The summed E-state index contributed by atoms with van der Waals surface area (Å²) in [5, 5.41) is 0. The molecule has 134 valence electrons. The van der Waals surface area contributed by atoms with Gasteiger partial charge in [0.2, 0.25) is 11.8 Å². The van der Waals surface area contributed by atoms with Crippen LogP contribution in [0.5, 0.6) is 0 Å². The number of nitrogens with zero attached hydrogens (tertiary/aromatic N) is 2. The van der Waals surface area contributed by atoms with E-state index in [9.17, 15) is 9.59 Å². The SMILES string of the molecule is O=C(CC(c1ccccc1)c1ccccc1)N1CCN(C2CC2)C(=O)C1. The van der Waals surface area contributed by atoms with Gasteiger partial charge in [-0.2, -0.15) is 0 Å². The van der Waals surface area contributed by atoms with Crippen molar-refractivity contribution in [2.75, 3.05) is 19.6 Å². The Morgan fingerprint density at radius 1 is 0.923 bits per heavy atom. The highest BCUT2D eigenvalue weighted by molar-refractivity contribution is 5.87. The van der Waals surface area contributed by atoms with Crippen LogP contribution in [0.1, 0.15) is 36.3 Å². The van der Waals surface area contributed by atoms with E-state index >= 15 is 0 Å². The molecule has 0 aromatic heterocycles. The van der Waals surface area contributed by atoms with Crippen molar-refractivity contribution in [3.8, 4) is 0 Å². The van der Waals surface area contributed by atoms with E-state index in [1.54, 1.807) is 4.90 Å². The van der Waals surface area contributed by atoms with Crippen LogP contribution in [-0.2, 0) is 9.59 Å². The first kappa shape index (κ1) is 16.8. The summed E-state index contributed by atoms with van der Waals surface area (Å²) < 4.78 is 0. The summed E-state index contributed by atoms with van der Waals surface area (Å²) in [5.41, 5.74) is 2.27. The summed E-state index contributed by atoms with van der Waals surface area (Å²) in [6, 6.07) is 20.7. The average molecular weight is 348 g/mol. The molecule has 2 aliphatic rings. The summed E-state index contributed by atoms with van der Waals surface area (Å²) in [6.07, 6.45) is 2.62. The first-order valence-corrected chi connectivity index (χ1v) is 9.39. The molecular formula is C22H24N2O2. The van der Waals surface area contributed by atoms with Crippen molar-refractivity contribution in [1.82, 2.24) is 9.80 Å². The zero-order valence-corrected chi connectivity index (χ0v) is 14.9. The lowest BCUT2D eigenvalue weighted by atomic mass is 9.88. The highest BCUT2D eigenvalue weighted by atomic mass is 16.2. The summed E-state index contributed by atoms with van der Waals surface area (Å²) in [4.78, 5) is 29.0. The topological polar surface area (TPSA) is 40.6 Å². The highest BCUT2D eigenvalue weighted by Crippen LogP contribution is 2.30. The van der Waals surface area contributed by atoms with Gasteiger partial charge >= 0.3 is 0 Å². The molecule has 4 nitrogen and oxygen atoms in total. The molecule has 2 aromatic carbocycles. The molecule has 2 fully saturated rings. The Morgan fingerprint density at radius 2 is 1.50 bits per heavy atom. The minimum atomic E-state index is 0.0152. The number of benzene rings is 2. The maximum Gasteiger partial charge on any atom is 0.242 e. The maximum atomic E-state index is 12.9. The molecule has 1 saturated carbocycles. The zero-order valence-electron chi connectivity index (χ0n) is 14.9. The molecule has 4 rings (SSSR count). The van der Waals surface area contributed by atoms with Gasteiger partial charge < -0.3 is 9.80 Å². The van der Waals surface area contributed by atoms with Crippen molar-refractivity contribution < 1.29 is 9.59 Å². The Bertz CT molecular complexity index is 732. The molecule has 2 aromatic rings. The number of carbonyl (C=O) groups excluding carboxylic acids is 2. The van der Waals surface area contributed by atoms with Gasteiger partial charge in [0.1, 0.15) is 0 Å². The Kier molecular flexibility index (Phi) is 4.74. The third-order valence-corrected chi connectivity index (χ3v) is 5.38. The number of piperazine rings is 1. The van der Waals surface area contributed by atoms with Crippen LogP contribution in [0.2, 0.25) is 0 Å². The van der Waals surface area contributed by atoms with Gasteiger partial charge in [-0.3, -0.25) is 9.59 Å². The lowest BCUT2D eigenvalue weighted by Crippen LogP contribution is -2.53. The molecule has 0 N–H and O–H groups in total. The van der Waals surface area contributed by atoms with Gasteiger partial charge in [-0.05, 0) is 24.0 Å². The molecule has 0 radical (unpaired) electrons. The maximum absolute atomic E-state index is 12.9. The molecule has 1 saturated heterocycles. The number of rotatable bonds is 5. The Morgan fingerprint density at radius 3 is 2.00 bits per heavy atom. The monoisotopic (exact) mass is 348 g/mol. The minimum Gasteiger partial charge on any atom is -0.336 e. The molecule has 1 aliphatic heterocycles. The van der Waals surface area contributed by atoms with Gasteiger partial charge in [0.05, 0.1) is 6.54 Å².